The van der Waals surface area contributed by atoms with Gasteiger partial charge in [0.1, 0.15) is 5.75 Å². The number of rotatable bonds is 10. The molecule has 1 aromatic carbocycles. The van der Waals surface area contributed by atoms with Gasteiger partial charge in [0.05, 0.1) is 7.11 Å². The molecule has 32 heavy (non-hydrogen) atoms. The third kappa shape index (κ3) is 8.82. The third-order valence-electron chi connectivity index (χ3n) is 5.46. The maximum absolute atomic E-state index is 5.25. The van der Waals surface area contributed by atoms with E-state index in [0.29, 0.717) is 0 Å². The Kier molecular flexibility index (Phi) is 12.2. The Hall–Kier alpha value is -2.07. The van der Waals surface area contributed by atoms with Crippen molar-refractivity contribution in [2.45, 2.75) is 19.8 Å². The number of anilines is 1. The second kappa shape index (κ2) is 14.9. The smallest absolute Gasteiger partial charge is 0.191 e. The number of hydrogen-bond donors (Lipinski definition) is 2. The fraction of sp³-hybridized carbons (Fsp3) is 0.500. The summed E-state index contributed by atoms with van der Waals surface area (Å²) in [6.07, 6.45) is 3.80. The first kappa shape index (κ1) is 26.2. The van der Waals surface area contributed by atoms with E-state index in [1.54, 1.807) is 7.11 Å². The summed E-state index contributed by atoms with van der Waals surface area (Å²) < 4.78 is 5.25. The molecule has 8 heteroatoms. The van der Waals surface area contributed by atoms with Crippen molar-refractivity contribution in [3.63, 3.8) is 0 Å². The topological polar surface area (TPSA) is 65.0 Å². The van der Waals surface area contributed by atoms with Gasteiger partial charge in [-0.2, -0.15) is 0 Å². The SMILES string of the molecule is CCNC(=NCCCN1CCN(c2ccc(OC)cc2)CC1)NCCc1ccccn1.I. The number of pyridine rings is 1. The predicted octanol–water partition coefficient (Wildman–Crippen LogP) is 3.02. The zero-order chi connectivity index (χ0) is 21.7. The van der Waals surface area contributed by atoms with Gasteiger partial charge in [0, 0.05) is 76.4 Å². The molecule has 3 rings (SSSR count). The Morgan fingerprint density at radius 3 is 2.50 bits per heavy atom. The van der Waals surface area contributed by atoms with Crippen LogP contribution in [0.15, 0.2) is 53.7 Å². The highest BCUT2D eigenvalue weighted by molar-refractivity contribution is 14.0. The van der Waals surface area contributed by atoms with E-state index in [-0.39, 0.29) is 24.0 Å². The highest BCUT2D eigenvalue weighted by Crippen LogP contribution is 2.20. The van der Waals surface area contributed by atoms with Gasteiger partial charge in [-0.15, -0.1) is 24.0 Å². The van der Waals surface area contributed by atoms with Crippen molar-refractivity contribution in [3.8, 4) is 5.75 Å². The zero-order valence-electron chi connectivity index (χ0n) is 19.3. The maximum atomic E-state index is 5.25. The summed E-state index contributed by atoms with van der Waals surface area (Å²) in [7, 11) is 1.71. The van der Waals surface area contributed by atoms with E-state index in [1.807, 2.05) is 30.5 Å². The van der Waals surface area contributed by atoms with E-state index < -0.39 is 0 Å². The summed E-state index contributed by atoms with van der Waals surface area (Å²) >= 11 is 0. The number of guanidine groups is 1. The normalized spacial score (nSPS) is 14.6. The minimum Gasteiger partial charge on any atom is -0.497 e. The largest absolute Gasteiger partial charge is 0.497 e. The van der Waals surface area contributed by atoms with Crippen LogP contribution >= 0.6 is 24.0 Å². The maximum Gasteiger partial charge on any atom is 0.191 e. The number of nitrogens with zero attached hydrogens (tertiary/aromatic N) is 4. The van der Waals surface area contributed by atoms with Gasteiger partial charge in [0.15, 0.2) is 5.96 Å². The molecule has 0 saturated carbocycles. The molecule has 0 amide bonds. The second-order valence-corrected chi connectivity index (χ2v) is 7.64. The standard InChI is InChI=1S/C24H36N6O.HI/c1-3-25-24(28-15-12-21-7-4-5-13-26-21)27-14-6-16-29-17-19-30(20-18-29)22-8-10-23(31-2)11-9-22;/h4-5,7-11,13H,3,6,12,14-20H2,1-2H3,(H2,25,27,28);1H. The molecule has 1 aliphatic rings. The minimum atomic E-state index is 0. The quantitative estimate of drug-likeness (QED) is 0.205. The number of aliphatic imine (C=N–C) groups is 1. The van der Waals surface area contributed by atoms with Gasteiger partial charge in [-0.05, 0) is 49.7 Å². The van der Waals surface area contributed by atoms with Crippen molar-refractivity contribution >= 4 is 35.6 Å². The van der Waals surface area contributed by atoms with Crippen LogP contribution in [0.2, 0.25) is 0 Å². The number of benzene rings is 1. The van der Waals surface area contributed by atoms with Gasteiger partial charge >= 0.3 is 0 Å². The first-order valence-electron chi connectivity index (χ1n) is 11.3. The average molecular weight is 553 g/mol. The minimum absolute atomic E-state index is 0. The molecule has 1 aliphatic heterocycles. The lowest BCUT2D eigenvalue weighted by atomic mass is 10.2. The van der Waals surface area contributed by atoms with Gasteiger partial charge in [-0.1, -0.05) is 6.07 Å². The van der Waals surface area contributed by atoms with Crippen molar-refractivity contribution in [3.05, 3.63) is 54.4 Å². The van der Waals surface area contributed by atoms with Crippen LogP contribution in [0.25, 0.3) is 0 Å². The molecule has 2 aromatic rings. The predicted molar refractivity (Wildman–Crippen MR) is 144 cm³/mol. The Labute approximate surface area is 209 Å². The van der Waals surface area contributed by atoms with Crippen LogP contribution in [0.5, 0.6) is 5.75 Å². The molecule has 1 aromatic heterocycles. The van der Waals surface area contributed by atoms with Gasteiger partial charge in [0.25, 0.3) is 0 Å². The summed E-state index contributed by atoms with van der Waals surface area (Å²) in [6, 6.07) is 14.4. The number of halogens is 1. The molecule has 1 fully saturated rings. The Bertz CT molecular complexity index is 779. The second-order valence-electron chi connectivity index (χ2n) is 7.64. The van der Waals surface area contributed by atoms with Gasteiger partial charge in [-0.25, -0.2) is 0 Å². The van der Waals surface area contributed by atoms with E-state index in [4.69, 9.17) is 9.73 Å². The fourth-order valence-corrected chi connectivity index (χ4v) is 3.70. The number of aromatic nitrogens is 1. The number of nitrogens with one attached hydrogen (secondary N) is 2. The molecular weight excluding hydrogens is 515 g/mol. The van der Waals surface area contributed by atoms with Crippen LogP contribution in [0.3, 0.4) is 0 Å². The summed E-state index contributed by atoms with van der Waals surface area (Å²) in [5.74, 6) is 1.80. The summed E-state index contributed by atoms with van der Waals surface area (Å²) in [4.78, 5) is 14.1. The van der Waals surface area contributed by atoms with E-state index in [1.165, 1.54) is 5.69 Å². The molecule has 176 valence electrons. The summed E-state index contributed by atoms with van der Waals surface area (Å²) in [6.45, 7) is 10.0. The highest BCUT2D eigenvalue weighted by atomic mass is 127. The third-order valence-corrected chi connectivity index (χ3v) is 5.46. The molecule has 0 bridgehead atoms. The molecule has 0 atom stereocenters. The van der Waals surface area contributed by atoms with Crippen molar-refractivity contribution in [2.75, 3.05) is 64.4 Å². The van der Waals surface area contributed by atoms with Crippen molar-refractivity contribution in [1.82, 2.24) is 20.5 Å². The first-order valence-corrected chi connectivity index (χ1v) is 11.3. The van der Waals surface area contributed by atoms with Gasteiger partial charge < -0.3 is 20.3 Å². The van der Waals surface area contributed by atoms with Crippen LogP contribution in [0.4, 0.5) is 5.69 Å². The number of hydrogen-bond acceptors (Lipinski definition) is 5. The molecule has 1 saturated heterocycles. The van der Waals surface area contributed by atoms with E-state index >= 15 is 0 Å². The lowest BCUT2D eigenvalue weighted by Crippen LogP contribution is -2.46. The van der Waals surface area contributed by atoms with Crippen LogP contribution in [-0.4, -0.2) is 75.3 Å². The summed E-state index contributed by atoms with van der Waals surface area (Å²) in [5.41, 5.74) is 2.37. The van der Waals surface area contributed by atoms with Crippen molar-refractivity contribution < 1.29 is 4.74 Å². The van der Waals surface area contributed by atoms with Crippen LogP contribution in [-0.2, 0) is 6.42 Å². The monoisotopic (exact) mass is 552 g/mol. The number of ether oxygens (including phenoxy) is 1. The fourth-order valence-electron chi connectivity index (χ4n) is 3.70. The zero-order valence-corrected chi connectivity index (χ0v) is 21.6. The van der Waals surface area contributed by atoms with Crippen LogP contribution < -0.4 is 20.3 Å². The van der Waals surface area contributed by atoms with Crippen molar-refractivity contribution in [2.24, 2.45) is 4.99 Å². The molecule has 0 aliphatic carbocycles. The molecule has 2 heterocycles. The van der Waals surface area contributed by atoms with Crippen LogP contribution in [0.1, 0.15) is 19.0 Å². The van der Waals surface area contributed by atoms with Gasteiger partial charge in [-0.3, -0.25) is 14.9 Å². The van der Waals surface area contributed by atoms with Gasteiger partial charge in [0.2, 0.25) is 0 Å². The Balaban J connectivity index is 0.00000363. The molecule has 0 spiro atoms. The number of methoxy groups -OCH3 is 1. The van der Waals surface area contributed by atoms with Crippen LogP contribution in [0, 0.1) is 0 Å². The molecular formula is C24H37IN6O. The lowest BCUT2D eigenvalue weighted by molar-refractivity contribution is 0.256. The number of piperazine rings is 1. The summed E-state index contributed by atoms with van der Waals surface area (Å²) in [5, 5.41) is 6.74. The van der Waals surface area contributed by atoms with Crippen molar-refractivity contribution in [1.29, 1.82) is 0 Å². The first-order chi connectivity index (χ1) is 15.3. The Morgan fingerprint density at radius 1 is 1.06 bits per heavy atom. The van der Waals surface area contributed by atoms with E-state index in [0.717, 1.165) is 82.6 Å². The molecule has 2 N–H and O–H groups in total. The Morgan fingerprint density at radius 2 is 1.84 bits per heavy atom. The van der Waals surface area contributed by atoms with E-state index in [2.05, 4.69) is 50.5 Å². The lowest BCUT2D eigenvalue weighted by Gasteiger charge is -2.36. The molecule has 0 unspecified atom stereocenters. The molecule has 7 nitrogen and oxygen atoms in total. The average Bonchev–Trinajstić information content (AvgIpc) is 2.83. The highest BCUT2D eigenvalue weighted by Gasteiger charge is 2.16. The van der Waals surface area contributed by atoms with E-state index in [9.17, 15) is 0 Å². The molecule has 0 radical (unpaired) electrons.